The van der Waals surface area contributed by atoms with Gasteiger partial charge in [0.2, 0.25) is 0 Å². The molecule has 0 amide bonds. The van der Waals surface area contributed by atoms with Crippen LogP contribution in [0.15, 0.2) is 169 Å². The Morgan fingerprint density at radius 1 is 0.771 bits per heavy atom. The van der Waals surface area contributed by atoms with Crippen molar-refractivity contribution in [1.82, 2.24) is 14.8 Å². The van der Waals surface area contributed by atoms with Crippen molar-refractivity contribution < 1.29 is 0 Å². The highest BCUT2D eigenvalue weighted by molar-refractivity contribution is 5.96. The summed E-state index contributed by atoms with van der Waals surface area (Å²) in [6.07, 6.45) is 19.6. The Hall–Kier alpha value is -5.12. The van der Waals surface area contributed by atoms with E-state index in [2.05, 4.69) is 186 Å². The average Bonchev–Trinajstić information content (AvgIpc) is 3.46. The first-order valence-corrected chi connectivity index (χ1v) is 17.4. The van der Waals surface area contributed by atoms with Crippen molar-refractivity contribution in [2.24, 2.45) is 5.92 Å². The Kier molecular flexibility index (Phi) is 5.93. The van der Waals surface area contributed by atoms with Gasteiger partial charge < -0.3 is 9.88 Å². The number of allylic oxidation sites excluding steroid dienone is 6. The third-order valence-electron chi connectivity index (χ3n) is 11.6. The smallest absolute Gasteiger partial charge is 0.108 e. The predicted molar refractivity (Wildman–Crippen MR) is 196 cm³/mol. The van der Waals surface area contributed by atoms with E-state index in [1.54, 1.807) is 0 Å². The molecular formula is C45H39N3. The summed E-state index contributed by atoms with van der Waals surface area (Å²) in [7, 11) is 0. The summed E-state index contributed by atoms with van der Waals surface area (Å²) in [5.41, 5.74) is 11.6. The average molecular weight is 622 g/mol. The van der Waals surface area contributed by atoms with Crippen molar-refractivity contribution in [2.45, 2.75) is 49.5 Å². The van der Waals surface area contributed by atoms with Crippen molar-refractivity contribution in [3.05, 3.63) is 191 Å². The summed E-state index contributed by atoms with van der Waals surface area (Å²) in [6, 6.07) is 40.9. The van der Waals surface area contributed by atoms with Crippen LogP contribution < -0.4 is 5.32 Å². The summed E-state index contributed by atoms with van der Waals surface area (Å²) in [5, 5.41) is 5.53. The lowest BCUT2D eigenvalue weighted by Gasteiger charge is -2.46. The molecule has 4 aromatic carbocycles. The van der Waals surface area contributed by atoms with E-state index in [9.17, 15) is 0 Å². The van der Waals surface area contributed by atoms with Gasteiger partial charge in [-0.15, -0.1) is 0 Å². The molecule has 234 valence electrons. The van der Waals surface area contributed by atoms with Gasteiger partial charge in [-0.3, -0.25) is 4.90 Å². The van der Waals surface area contributed by atoms with Gasteiger partial charge in [-0.25, -0.2) is 0 Å². The van der Waals surface area contributed by atoms with E-state index >= 15 is 0 Å². The number of para-hydroxylation sites is 1. The molecule has 1 saturated heterocycles. The monoisotopic (exact) mass is 621 g/mol. The zero-order valence-electron chi connectivity index (χ0n) is 27.4. The molecule has 3 nitrogen and oxygen atoms in total. The van der Waals surface area contributed by atoms with Crippen LogP contribution in [0.25, 0.3) is 22.2 Å². The summed E-state index contributed by atoms with van der Waals surface area (Å²) in [5.74, 6) is 0.591. The molecule has 10 rings (SSSR count). The van der Waals surface area contributed by atoms with Crippen LogP contribution in [0.5, 0.6) is 0 Å². The maximum atomic E-state index is 4.20. The number of benzene rings is 4. The number of nitrogens with zero attached hydrogens (tertiary/aromatic N) is 2. The highest BCUT2D eigenvalue weighted by Gasteiger charge is 2.69. The van der Waals surface area contributed by atoms with Gasteiger partial charge in [0.1, 0.15) is 6.17 Å². The fourth-order valence-corrected chi connectivity index (χ4v) is 9.73. The third-order valence-corrected chi connectivity index (χ3v) is 11.6. The topological polar surface area (TPSA) is 20.0 Å². The molecule has 3 heterocycles. The highest BCUT2D eigenvalue weighted by atomic mass is 15.5. The lowest BCUT2D eigenvalue weighted by molar-refractivity contribution is 0.331. The molecule has 3 aliphatic carbocycles. The molecule has 1 fully saturated rings. The Bertz CT molecular complexity index is 2250. The third kappa shape index (κ3) is 3.74. The van der Waals surface area contributed by atoms with Crippen LogP contribution in [0.2, 0.25) is 0 Å². The van der Waals surface area contributed by atoms with Gasteiger partial charge in [0.15, 0.2) is 0 Å². The van der Waals surface area contributed by atoms with Crippen LogP contribution in [0.3, 0.4) is 0 Å². The molecule has 7 unspecified atom stereocenters. The number of aromatic nitrogens is 1. The van der Waals surface area contributed by atoms with Gasteiger partial charge in [-0.1, -0.05) is 147 Å². The van der Waals surface area contributed by atoms with E-state index in [-0.39, 0.29) is 23.2 Å². The van der Waals surface area contributed by atoms with Gasteiger partial charge in [0, 0.05) is 22.6 Å². The minimum Gasteiger partial charge on any atom is -0.378 e. The number of rotatable bonds is 5. The van der Waals surface area contributed by atoms with Crippen molar-refractivity contribution >= 4 is 10.9 Å². The molecule has 1 N–H and O–H groups in total. The Balaban J connectivity index is 1.25. The zero-order valence-corrected chi connectivity index (χ0v) is 27.4. The lowest BCUT2D eigenvalue weighted by atomic mass is 9.65. The first kappa shape index (κ1) is 27.9. The largest absolute Gasteiger partial charge is 0.378 e. The van der Waals surface area contributed by atoms with E-state index in [0.717, 1.165) is 6.42 Å². The molecule has 0 saturated carbocycles. The van der Waals surface area contributed by atoms with Gasteiger partial charge in [-0.05, 0) is 65.3 Å². The van der Waals surface area contributed by atoms with Crippen molar-refractivity contribution in [2.75, 3.05) is 0 Å². The van der Waals surface area contributed by atoms with Gasteiger partial charge in [0.25, 0.3) is 0 Å². The highest BCUT2D eigenvalue weighted by Crippen LogP contribution is 2.68. The number of nitrogens with one attached hydrogen (secondary N) is 1. The maximum absolute atomic E-state index is 4.20. The molecule has 5 aliphatic rings. The van der Waals surface area contributed by atoms with Gasteiger partial charge in [-0.2, -0.15) is 0 Å². The van der Waals surface area contributed by atoms with Crippen LogP contribution in [-0.2, 0) is 5.54 Å². The molecule has 1 aromatic heterocycles. The van der Waals surface area contributed by atoms with Crippen LogP contribution in [-0.4, -0.2) is 15.0 Å². The second-order valence-corrected chi connectivity index (χ2v) is 14.4. The molecular weight excluding hydrogens is 583 g/mol. The zero-order chi connectivity index (χ0) is 32.0. The normalized spacial score (nSPS) is 30.6. The van der Waals surface area contributed by atoms with Crippen molar-refractivity contribution in [1.29, 1.82) is 0 Å². The summed E-state index contributed by atoms with van der Waals surface area (Å²) in [6.45, 7) is 4.75. The van der Waals surface area contributed by atoms with Gasteiger partial charge >= 0.3 is 0 Å². The van der Waals surface area contributed by atoms with E-state index in [4.69, 9.17) is 0 Å². The van der Waals surface area contributed by atoms with Crippen LogP contribution in [0.4, 0.5) is 0 Å². The minimum absolute atomic E-state index is 0.0695. The van der Waals surface area contributed by atoms with E-state index in [1.807, 2.05) is 0 Å². The molecule has 2 aliphatic heterocycles. The number of hydrogen-bond acceptors (Lipinski definition) is 2. The van der Waals surface area contributed by atoms with Crippen LogP contribution >= 0.6 is 0 Å². The summed E-state index contributed by atoms with van der Waals surface area (Å²) < 4.78 is 2.68. The Morgan fingerprint density at radius 3 is 2.31 bits per heavy atom. The van der Waals surface area contributed by atoms with Crippen LogP contribution in [0, 0.1) is 5.92 Å². The molecule has 5 aromatic rings. The summed E-state index contributed by atoms with van der Waals surface area (Å²) >= 11 is 0. The van der Waals surface area contributed by atoms with Crippen molar-refractivity contribution in [3.63, 3.8) is 0 Å². The molecule has 1 spiro atoms. The lowest BCUT2D eigenvalue weighted by Crippen LogP contribution is -2.47. The minimum atomic E-state index is -0.377. The van der Waals surface area contributed by atoms with E-state index in [0.29, 0.717) is 12.0 Å². The standard InChI is InChI=1S/C45H39N3/c1-30-16-15-22-34(28-30)46-44(2)37-25-11-9-23-35(37)42-40(41(44)31-17-5-3-6-18-31)36-24-10-12-26-38(36)47(42)39-29-33-21-13-14-27-45(33)43(48(39)45)32-19-7-4-8-20-32/h3-27,29-30,39,41,43,46H,28H2,1-2H3. The number of fused-ring (bicyclic) bond motifs is 5. The van der Waals surface area contributed by atoms with Gasteiger partial charge in [0.05, 0.1) is 28.3 Å². The first-order chi connectivity index (χ1) is 23.6. The van der Waals surface area contributed by atoms with Crippen LogP contribution in [0.1, 0.15) is 60.6 Å². The Labute approximate surface area is 282 Å². The number of hydrogen-bond donors (Lipinski definition) is 1. The quantitative estimate of drug-likeness (QED) is 0.197. The fraction of sp³-hybridized carbons (Fsp3) is 0.200. The van der Waals surface area contributed by atoms with Crippen molar-refractivity contribution in [3.8, 4) is 11.3 Å². The first-order valence-electron chi connectivity index (χ1n) is 17.4. The molecule has 48 heavy (non-hydrogen) atoms. The molecule has 3 heteroatoms. The summed E-state index contributed by atoms with van der Waals surface area (Å²) in [4.78, 5) is 2.73. The van der Waals surface area contributed by atoms with E-state index in [1.165, 1.54) is 55.7 Å². The molecule has 0 bridgehead atoms. The molecule has 7 atom stereocenters. The van der Waals surface area contributed by atoms with E-state index < -0.39 is 0 Å². The Morgan fingerprint density at radius 2 is 1.50 bits per heavy atom. The maximum Gasteiger partial charge on any atom is 0.108 e. The predicted octanol–water partition coefficient (Wildman–Crippen LogP) is 10.1. The second kappa shape index (κ2) is 10.2. The molecule has 0 radical (unpaired) electrons. The SMILES string of the molecule is CC1C=CC=C(NC2(C)c3ccccc3-c3c(c4ccccc4n3C3C=C4C=CC=CC45C(c4ccccc4)N35)C2c2ccccc2)C1. The fourth-order valence-electron chi connectivity index (χ4n) is 9.73. The second-order valence-electron chi connectivity index (χ2n) is 14.4.